The van der Waals surface area contributed by atoms with Crippen LogP contribution in [0.25, 0.3) is 0 Å². The van der Waals surface area contributed by atoms with Gasteiger partial charge in [-0.2, -0.15) is 13.5 Å². The molecule has 0 saturated heterocycles. The van der Waals surface area contributed by atoms with Crippen molar-refractivity contribution in [1.29, 1.82) is 0 Å². The normalized spacial score (nSPS) is 0. The Bertz CT molecular complexity index is 8.00. The second-order valence-corrected chi connectivity index (χ2v) is 0. The molecule has 0 bridgehead atoms. The molecule has 0 aliphatic rings. The van der Waals surface area contributed by atoms with E-state index in [2.05, 4.69) is 0 Å². The van der Waals surface area contributed by atoms with Crippen LogP contribution in [0.4, 0.5) is 4.70 Å². The third kappa shape index (κ3) is 19.8. The molecule has 0 rings (SSSR count). The van der Waals surface area contributed by atoms with Gasteiger partial charge in [0.1, 0.15) is 0 Å². The largest absolute Gasteiger partial charge is 0.269 e. The Kier molecular flexibility index (Phi) is 3390. The lowest BCUT2D eigenvalue weighted by Gasteiger charge is -0.269. The molecule has 4 heteroatoms. The average Bonchev–Trinajstić information content (AvgIpc) is 0. The zero-order valence-corrected chi connectivity index (χ0v) is 2.49. The van der Waals surface area contributed by atoms with Crippen LogP contribution in [-0.4, -0.2) is 19.4 Å². The Morgan fingerprint density at radius 1 is 1.00 bits per heavy atom. The summed E-state index contributed by atoms with van der Waals surface area (Å²) in [7, 11) is 0. The molecule has 0 aliphatic heterocycles. The second kappa shape index (κ2) is 74.1. The first-order valence-electron chi connectivity index (χ1n) is 0. The first-order valence-corrected chi connectivity index (χ1v) is 0. The van der Waals surface area contributed by atoms with Gasteiger partial charge in [0.2, 0.25) is 0 Å². The van der Waals surface area contributed by atoms with Crippen molar-refractivity contribution in [1.82, 2.24) is 0 Å². The van der Waals surface area contributed by atoms with Gasteiger partial charge in [0, 0.05) is 8.41 Å². The summed E-state index contributed by atoms with van der Waals surface area (Å²) >= 11 is 0. The van der Waals surface area contributed by atoms with Crippen molar-refractivity contribution in [2.75, 3.05) is 0 Å². The minimum absolute atomic E-state index is 0. The molecule has 0 amide bonds. The predicted octanol–water partition coefficient (Wildman–Crippen LogP) is -1.57. The monoisotopic (exact) mass is 97.0 g/mol. The highest BCUT2D eigenvalue weighted by atomic mass is 32.1. The van der Waals surface area contributed by atoms with Gasteiger partial charge in [-0.3, -0.25) is 4.70 Å². The van der Waals surface area contributed by atoms with Crippen LogP contribution in [0, 0.1) is 0 Å². The van der Waals surface area contributed by atoms with Crippen molar-refractivity contribution in [3.8, 4) is 0 Å². The van der Waals surface area contributed by atoms with Crippen LogP contribution in [-0.2, 0) is 0 Å². The summed E-state index contributed by atoms with van der Waals surface area (Å²) in [4.78, 5) is 0. The molecule has 0 unspecified atom stereocenters. The molecule has 0 N–H and O–H groups in total. The van der Waals surface area contributed by atoms with Gasteiger partial charge in [0.15, 0.2) is 0 Å². The molecule has 0 fully saturated rings. The van der Waals surface area contributed by atoms with Crippen LogP contribution in [0.2, 0.25) is 0 Å². The van der Waals surface area contributed by atoms with Crippen molar-refractivity contribution in [2.45, 2.75) is 0 Å². The molecule has 0 spiro atoms. The lowest BCUT2D eigenvalue weighted by atomic mass is 10.8. The van der Waals surface area contributed by atoms with Crippen molar-refractivity contribution in [3.63, 3.8) is 0 Å². The quantitative estimate of drug-likeness (QED) is 0.320. The number of halogens is 1. The van der Waals surface area contributed by atoms with Gasteiger partial charge in [-0.25, -0.2) is 0 Å². The number of hydrogen-bond donors (Lipinski definition) is 0. The third-order valence-electron chi connectivity index (χ3n) is 0. The SMILES string of the molecule is F.S.[B].[SiH4]. The Morgan fingerprint density at radius 3 is 1.00 bits per heavy atom. The number of hydrogen-bond acceptors (Lipinski definition) is 0. The van der Waals surface area contributed by atoms with Crippen LogP contribution >= 0.6 is 13.5 Å². The molecule has 0 aromatic rings. The lowest BCUT2D eigenvalue weighted by Crippen LogP contribution is -0.382. The van der Waals surface area contributed by atoms with Crippen molar-refractivity contribution in [3.05, 3.63) is 0 Å². The maximum absolute atomic E-state index is 0. The zero-order valence-electron chi connectivity index (χ0n) is 1.49. The molecule has 0 aliphatic carbocycles. The van der Waals surface area contributed by atoms with Crippen LogP contribution < -0.4 is 0 Å². The van der Waals surface area contributed by atoms with Crippen molar-refractivity contribution < 1.29 is 4.70 Å². The fourth-order valence-electron chi connectivity index (χ4n) is 0. The summed E-state index contributed by atoms with van der Waals surface area (Å²) in [5.41, 5.74) is 0. The lowest BCUT2D eigenvalue weighted by molar-refractivity contribution is 1.11. The van der Waals surface area contributed by atoms with E-state index in [9.17, 15) is 0 Å². The van der Waals surface area contributed by atoms with Gasteiger partial charge in [0.05, 0.1) is 0 Å². The maximum atomic E-state index is 0. The molecule has 0 aromatic carbocycles. The highest BCUT2D eigenvalue weighted by Crippen LogP contribution is 0.648. The van der Waals surface area contributed by atoms with E-state index in [0.717, 1.165) is 0 Å². The summed E-state index contributed by atoms with van der Waals surface area (Å²) in [5, 5.41) is 0. The fourth-order valence-corrected chi connectivity index (χ4v) is 0. The highest BCUT2D eigenvalue weighted by Gasteiger charge is 0.0000771. The Hall–Kier alpha value is 0.562. The molecular formula is H7BFSSi. The summed E-state index contributed by atoms with van der Waals surface area (Å²) < 4.78 is 0. The maximum Gasteiger partial charge on any atom is 0 e. The Balaban J connectivity index is 0. The molecule has 0 atom stereocenters. The van der Waals surface area contributed by atoms with Crippen LogP contribution in [0.3, 0.4) is 0 Å². The predicted molar refractivity (Wildman–Crippen MR) is 30.0 cm³/mol. The van der Waals surface area contributed by atoms with Crippen molar-refractivity contribution in [2.24, 2.45) is 0 Å². The standard InChI is InChI=1S/B.FH.H2S.H4Si/h;1H;1H2;1H4. The third-order valence-corrected chi connectivity index (χ3v) is 0. The summed E-state index contributed by atoms with van der Waals surface area (Å²) in [5.74, 6) is 0. The van der Waals surface area contributed by atoms with Crippen LogP contribution in [0.15, 0.2) is 0 Å². The molecule has 3 radical (unpaired) electrons. The topological polar surface area (TPSA) is 0 Å². The van der Waals surface area contributed by atoms with Gasteiger partial charge in [-0.15, -0.1) is 0 Å². The zero-order chi connectivity index (χ0) is 0. The summed E-state index contributed by atoms with van der Waals surface area (Å²) in [6, 6.07) is 0. The van der Waals surface area contributed by atoms with E-state index < -0.39 is 0 Å². The minimum Gasteiger partial charge on any atom is -0.269 e. The van der Waals surface area contributed by atoms with E-state index in [1.165, 1.54) is 0 Å². The Labute approximate surface area is 38.4 Å². The highest BCUT2D eigenvalue weighted by molar-refractivity contribution is 7.59. The molecule has 0 saturated carbocycles. The summed E-state index contributed by atoms with van der Waals surface area (Å²) in [6.07, 6.45) is 0. The van der Waals surface area contributed by atoms with Crippen LogP contribution in [0.1, 0.15) is 0 Å². The molecule has 0 aromatic heterocycles. The van der Waals surface area contributed by atoms with Gasteiger partial charge >= 0.3 is 0 Å². The smallest absolute Gasteiger partial charge is 0 e. The van der Waals surface area contributed by atoms with E-state index in [1.807, 2.05) is 0 Å². The molecule has 4 heavy (non-hydrogen) atoms. The van der Waals surface area contributed by atoms with Gasteiger partial charge in [0.25, 0.3) is 0 Å². The minimum atomic E-state index is 0. The van der Waals surface area contributed by atoms with E-state index in [0.29, 0.717) is 0 Å². The first kappa shape index (κ1) is 183. The van der Waals surface area contributed by atoms with E-state index >= 15 is 0 Å². The second-order valence-electron chi connectivity index (χ2n) is 0. The van der Waals surface area contributed by atoms with Crippen LogP contribution in [0.5, 0.6) is 0 Å². The van der Waals surface area contributed by atoms with E-state index in [1.54, 1.807) is 0 Å². The number of rotatable bonds is 0. The average molecular weight is 97.0 g/mol. The Morgan fingerprint density at radius 2 is 1.00 bits per heavy atom. The molecule has 27 valence electrons. The fraction of sp³-hybridized carbons (Fsp3) is 0. The van der Waals surface area contributed by atoms with E-state index in [4.69, 9.17) is 0 Å². The first-order chi connectivity index (χ1) is 0. The van der Waals surface area contributed by atoms with Gasteiger partial charge in [-0.05, 0) is 11.0 Å². The van der Waals surface area contributed by atoms with Gasteiger partial charge in [-0.1, -0.05) is 0 Å². The molecule has 0 nitrogen and oxygen atoms in total. The van der Waals surface area contributed by atoms with Gasteiger partial charge < -0.3 is 0 Å². The van der Waals surface area contributed by atoms with E-state index in [-0.39, 0.29) is 37.6 Å². The molecule has 0 heterocycles. The molecular weight excluding hydrogens is 90.0 g/mol. The van der Waals surface area contributed by atoms with Crippen molar-refractivity contribution >= 4 is 32.9 Å². The summed E-state index contributed by atoms with van der Waals surface area (Å²) in [6.45, 7) is 0.